The predicted molar refractivity (Wildman–Crippen MR) is 99.6 cm³/mol. The Bertz CT molecular complexity index is 691. The van der Waals surface area contributed by atoms with Gasteiger partial charge in [-0.3, -0.25) is 4.79 Å². The van der Waals surface area contributed by atoms with E-state index in [0.29, 0.717) is 37.9 Å². The summed E-state index contributed by atoms with van der Waals surface area (Å²) in [6, 6.07) is 6.19. The van der Waals surface area contributed by atoms with Crippen molar-refractivity contribution >= 4 is 15.9 Å². The van der Waals surface area contributed by atoms with E-state index in [2.05, 4.69) is 5.32 Å². The lowest BCUT2D eigenvalue weighted by Crippen LogP contribution is -2.28. The number of rotatable bonds is 8. The van der Waals surface area contributed by atoms with Crippen molar-refractivity contribution in [1.82, 2.24) is 9.62 Å². The standard InChI is InChI=1S/C19H28N2O4S/c22-19(20-12-5-15-25-17-6-1-2-7-17)16-8-10-18(11-9-16)26(23,24)21-13-3-4-14-21/h8-11,17H,1-7,12-15H2,(H,20,22). The smallest absolute Gasteiger partial charge is 0.251 e. The Labute approximate surface area is 156 Å². The van der Waals surface area contributed by atoms with Crippen molar-refractivity contribution in [2.75, 3.05) is 26.2 Å². The lowest BCUT2D eigenvalue weighted by atomic mass is 10.2. The van der Waals surface area contributed by atoms with Gasteiger partial charge in [0.05, 0.1) is 11.0 Å². The third-order valence-corrected chi connectivity index (χ3v) is 6.99. The van der Waals surface area contributed by atoms with Crippen molar-refractivity contribution in [3.8, 4) is 0 Å². The van der Waals surface area contributed by atoms with Crippen LogP contribution in [0.25, 0.3) is 0 Å². The quantitative estimate of drug-likeness (QED) is 0.703. The van der Waals surface area contributed by atoms with Crippen LogP contribution in [0, 0.1) is 0 Å². The topological polar surface area (TPSA) is 75.7 Å². The molecule has 1 aliphatic heterocycles. The van der Waals surface area contributed by atoms with Gasteiger partial charge in [-0.05, 0) is 56.4 Å². The Morgan fingerprint density at radius 2 is 1.73 bits per heavy atom. The zero-order valence-corrected chi connectivity index (χ0v) is 16.0. The van der Waals surface area contributed by atoms with Gasteiger partial charge in [-0.2, -0.15) is 4.31 Å². The molecule has 1 aliphatic carbocycles. The molecule has 0 spiro atoms. The largest absolute Gasteiger partial charge is 0.378 e. The molecule has 1 heterocycles. The van der Waals surface area contributed by atoms with Gasteiger partial charge in [0.1, 0.15) is 0 Å². The van der Waals surface area contributed by atoms with E-state index >= 15 is 0 Å². The summed E-state index contributed by atoms with van der Waals surface area (Å²) in [4.78, 5) is 12.4. The monoisotopic (exact) mass is 380 g/mol. The molecule has 0 unspecified atom stereocenters. The van der Waals surface area contributed by atoms with E-state index in [-0.39, 0.29) is 10.8 Å². The number of amides is 1. The summed E-state index contributed by atoms with van der Waals surface area (Å²) in [5.74, 6) is -0.184. The van der Waals surface area contributed by atoms with Gasteiger partial charge in [0.2, 0.25) is 10.0 Å². The second-order valence-corrected chi connectivity index (χ2v) is 8.96. The van der Waals surface area contributed by atoms with Gasteiger partial charge < -0.3 is 10.1 Å². The van der Waals surface area contributed by atoms with Crippen LogP contribution >= 0.6 is 0 Å². The molecule has 1 N–H and O–H groups in total. The van der Waals surface area contributed by atoms with Gasteiger partial charge >= 0.3 is 0 Å². The molecule has 2 aliphatic rings. The van der Waals surface area contributed by atoms with Crippen LogP contribution in [-0.4, -0.2) is 51.0 Å². The first kappa shape index (κ1) is 19.3. The van der Waals surface area contributed by atoms with Gasteiger partial charge in [-0.25, -0.2) is 8.42 Å². The van der Waals surface area contributed by atoms with Gasteiger partial charge in [-0.15, -0.1) is 0 Å². The van der Waals surface area contributed by atoms with Crippen molar-refractivity contribution in [1.29, 1.82) is 0 Å². The summed E-state index contributed by atoms with van der Waals surface area (Å²) in [6.07, 6.45) is 7.81. The number of carbonyl (C=O) groups excluding carboxylic acids is 1. The Balaban J connectivity index is 1.44. The van der Waals surface area contributed by atoms with E-state index in [0.717, 1.165) is 32.1 Å². The van der Waals surface area contributed by atoms with Crippen LogP contribution in [0.1, 0.15) is 55.3 Å². The number of ether oxygens (including phenoxy) is 1. The second-order valence-electron chi connectivity index (χ2n) is 7.02. The molecule has 26 heavy (non-hydrogen) atoms. The van der Waals surface area contributed by atoms with Crippen LogP contribution in [0.2, 0.25) is 0 Å². The minimum absolute atomic E-state index is 0.184. The zero-order valence-electron chi connectivity index (χ0n) is 15.2. The SMILES string of the molecule is O=C(NCCCOC1CCCC1)c1ccc(S(=O)(=O)N2CCCC2)cc1. The maximum Gasteiger partial charge on any atom is 0.251 e. The van der Waals surface area contributed by atoms with Crippen LogP contribution in [-0.2, 0) is 14.8 Å². The molecule has 0 atom stereocenters. The number of benzene rings is 1. The fourth-order valence-electron chi connectivity index (χ4n) is 3.54. The summed E-state index contributed by atoms with van der Waals surface area (Å²) in [5.41, 5.74) is 0.474. The third kappa shape index (κ3) is 4.84. The van der Waals surface area contributed by atoms with E-state index in [1.54, 1.807) is 12.1 Å². The molecular weight excluding hydrogens is 352 g/mol. The molecule has 1 saturated heterocycles. The van der Waals surface area contributed by atoms with E-state index in [1.807, 2.05) is 0 Å². The number of carbonyl (C=O) groups is 1. The molecule has 144 valence electrons. The van der Waals surface area contributed by atoms with Gasteiger partial charge in [-0.1, -0.05) is 12.8 Å². The highest BCUT2D eigenvalue weighted by Gasteiger charge is 2.27. The average molecular weight is 381 g/mol. The molecule has 1 aromatic carbocycles. The van der Waals surface area contributed by atoms with E-state index in [9.17, 15) is 13.2 Å². The fraction of sp³-hybridized carbons (Fsp3) is 0.632. The Morgan fingerprint density at radius 1 is 1.08 bits per heavy atom. The third-order valence-electron chi connectivity index (χ3n) is 5.08. The van der Waals surface area contributed by atoms with Gasteiger partial charge in [0.25, 0.3) is 5.91 Å². The molecule has 1 amide bonds. The van der Waals surface area contributed by atoms with Crippen molar-refractivity contribution in [3.63, 3.8) is 0 Å². The summed E-state index contributed by atoms with van der Waals surface area (Å²) in [5, 5.41) is 2.86. The average Bonchev–Trinajstić information content (AvgIpc) is 3.35. The van der Waals surface area contributed by atoms with E-state index < -0.39 is 10.0 Å². The van der Waals surface area contributed by atoms with Crippen molar-refractivity contribution in [3.05, 3.63) is 29.8 Å². The van der Waals surface area contributed by atoms with Crippen LogP contribution in [0.4, 0.5) is 0 Å². The molecule has 3 rings (SSSR count). The highest BCUT2D eigenvalue weighted by molar-refractivity contribution is 7.89. The first-order valence-corrected chi connectivity index (χ1v) is 11.0. The lowest BCUT2D eigenvalue weighted by molar-refractivity contribution is 0.0565. The minimum atomic E-state index is -3.43. The van der Waals surface area contributed by atoms with Crippen LogP contribution in [0.5, 0.6) is 0 Å². The molecule has 0 aromatic heterocycles. The second kappa shape index (κ2) is 8.97. The fourth-order valence-corrected chi connectivity index (χ4v) is 5.05. The van der Waals surface area contributed by atoms with Crippen LogP contribution in [0.3, 0.4) is 0 Å². The summed E-state index contributed by atoms with van der Waals surface area (Å²) in [6.45, 7) is 2.37. The van der Waals surface area contributed by atoms with Crippen molar-refractivity contribution < 1.29 is 17.9 Å². The number of nitrogens with zero attached hydrogens (tertiary/aromatic N) is 1. The minimum Gasteiger partial charge on any atom is -0.378 e. The molecular formula is C19H28N2O4S. The Kier molecular flexibility index (Phi) is 6.67. The van der Waals surface area contributed by atoms with Gasteiger partial charge in [0, 0.05) is 31.8 Å². The molecule has 1 aromatic rings. The van der Waals surface area contributed by atoms with Crippen LogP contribution < -0.4 is 5.32 Å². The lowest BCUT2D eigenvalue weighted by Gasteiger charge is -2.15. The molecule has 2 fully saturated rings. The number of nitrogens with one attached hydrogen (secondary N) is 1. The zero-order chi connectivity index (χ0) is 18.4. The first-order chi connectivity index (χ1) is 12.6. The first-order valence-electron chi connectivity index (χ1n) is 9.57. The molecule has 0 radical (unpaired) electrons. The van der Waals surface area contributed by atoms with E-state index in [4.69, 9.17) is 4.74 Å². The maximum atomic E-state index is 12.5. The summed E-state index contributed by atoms with van der Waals surface area (Å²) >= 11 is 0. The number of hydrogen-bond acceptors (Lipinski definition) is 4. The highest BCUT2D eigenvalue weighted by atomic mass is 32.2. The Morgan fingerprint density at radius 3 is 2.38 bits per heavy atom. The Hall–Kier alpha value is -1.44. The number of sulfonamides is 1. The van der Waals surface area contributed by atoms with Gasteiger partial charge in [0.15, 0.2) is 0 Å². The van der Waals surface area contributed by atoms with E-state index in [1.165, 1.54) is 29.3 Å². The normalized spacial score (nSPS) is 19.1. The molecule has 7 heteroatoms. The molecule has 1 saturated carbocycles. The number of hydrogen-bond donors (Lipinski definition) is 1. The molecule has 6 nitrogen and oxygen atoms in total. The van der Waals surface area contributed by atoms with Crippen LogP contribution in [0.15, 0.2) is 29.2 Å². The van der Waals surface area contributed by atoms with Crippen molar-refractivity contribution in [2.45, 2.75) is 55.9 Å². The molecule has 0 bridgehead atoms. The predicted octanol–water partition coefficient (Wildman–Crippen LogP) is 2.55. The highest BCUT2D eigenvalue weighted by Crippen LogP contribution is 2.22. The summed E-state index contributed by atoms with van der Waals surface area (Å²) < 4.78 is 32.2. The maximum absolute atomic E-state index is 12.5. The van der Waals surface area contributed by atoms with Crippen molar-refractivity contribution in [2.24, 2.45) is 0 Å². The summed E-state index contributed by atoms with van der Waals surface area (Å²) in [7, 11) is -3.43.